The second-order valence-electron chi connectivity index (χ2n) is 5.29. The van der Waals surface area contributed by atoms with Gasteiger partial charge in [0.25, 0.3) is 0 Å². The van der Waals surface area contributed by atoms with Crippen molar-refractivity contribution in [3.63, 3.8) is 0 Å². The minimum absolute atomic E-state index is 0.276. The Hall–Kier alpha value is -2.83. The van der Waals surface area contributed by atoms with E-state index in [0.717, 1.165) is 11.3 Å². The number of aryl methyl sites for hydroxylation is 2. The number of hydrogen-bond acceptors (Lipinski definition) is 4. The zero-order valence-corrected chi connectivity index (χ0v) is 13.3. The van der Waals surface area contributed by atoms with Crippen LogP contribution < -0.4 is 16.0 Å². The van der Waals surface area contributed by atoms with Crippen molar-refractivity contribution in [1.29, 1.82) is 0 Å². The molecule has 2 heterocycles. The molecule has 0 fully saturated rings. The third kappa shape index (κ3) is 5.14. The van der Waals surface area contributed by atoms with Gasteiger partial charge in [0.1, 0.15) is 17.6 Å². The molecular weight excluding hydrogens is 296 g/mol. The molecule has 2 rings (SSSR count). The summed E-state index contributed by atoms with van der Waals surface area (Å²) in [6.45, 7) is 5.65. The number of furan rings is 1. The maximum absolute atomic E-state index is 11.9. The Morgan fingerprint density at radius 3 is 2.74 bits per heavy atom. The van der Waals surface area contributed by atoms with Gasteiger partial charge in [-0.3, -0.25) is 10.1 Å². The number of rotatable bonds is 5. The molecule has 23 heavy (non-hydrogen) atoms. The number of carbonyl (C=O) groups is 2. The first-order valence-corrected chi connectivity index (χ1v) is 7.27. The lowest BCUT2D eigenvalue weighted by Crippen LogP contribution is -2.46. The molecule has 1 atom stereocenters. The molecule has 0 bridgehead atoms. The fraction of sp³-hybridized carbons (Fsp3) is 0.312. The molecule has 2 aromatic heterocycles. The molecule has 3 amide bonds. The van der Waals surface area contributed by atoms with Gasteiger partial charge in [-0.15, -0.1) is 0 Å². The van der Waals surface area contributed by atoms with E-state index in [9.17, 15) is 9.59 Å². The summed E-state index contributed by atoms with van der Waals surface area (Å²) in [6.07, 6.45) is 1.54. The monoisotopic (exact) mass is 316 g/mol. The highest BCUT2D eigenvalue weighted by Gasteiger charge is 2.16. The van der Waals surface area contributed by atoms with Gasteiger partial charge in [0.2, 0.25) is 5.91 Å². The third-order valence-electron chi connectivity index (χ3n) is 3.10. The summed E-state index contributed by atoms with van der Waals surface area (Å²) in [7, 11) is 0. The molecular formula is C16H20N4O3. The highest BCUT2D eigenvalue weighted by atomic mass is 16.3. The number of anilines is 1. The van der Waals surface area contributed by atoms with Crippen LogP contribution in [0.2, 0.25) is 0 Å². The van der Waals surface area contributed by atoms with Crippen LogP contribution in [-0.2, 0) is 11.3 Å². The fourth-order valence-electron chi connectivity index (χ4n) is 2.06. The first-order valence-electron chi connectivity index (χ1n) is 7.27. The molecule has 0 unspecified atom stereocenters. The molecule has 0 aliphatic heterocycles. The molecule has 0 aromatic carbocycles. The second kappa shape index (κ2) is 7.44. The predicted molar refractivity (Wildman–Crippen MR) is 85.9 cm³/mol. The van der Waals surface area contributed by atoms with Gasteiger partial charge < -0.3 is 15.1 Å². The summed E-state index contributed by atoms with van der Waals surface area (Å²) in [6, 6.07) is 6.01. The zero-order chi connectivity index (χ0) is 16.8. The van der Waals surface area contributed by atoms with Crippen LogP contribution in [0.4, 0.5) is 10.6 Å². The van der Waals surface area contributed by atoms with Gasteiger partial charge in [-0.25, -0.2) is 9.78 Å². The smallest absolute Gasteiger partial charge is 0.321 e. The van der Waals surface area contributed by atoms with Crippen molar-refractivity contribution in [2.45, 2.75) is 33.4 Å². The van der Waals surface area contributed by atoms with Crippen LogP contribution in [0.3, 0.4) is 0 Å². The van der Waals surface area contributed by atoms with Crippen LogP contribution in [0.25, 0.3) is 0 Å². The Balaban J connectivity index is 1.82. The van der Waals surface area contributed by atoms with Gasteiger partial charge in [0.05, 0.1) is 12.8 Å². The number of hydrogen-bond donors (Lipinski definition) is 3. The van der Waals surface area contributed by atoms with E-state index in [1.165, 1.54) is 6.26 Å². The van der Waals surface area contributed by atoms with E-state index in [-0.39, 0.29) is 12.5 Å². The second-order valence-corrected chi connectivity index (χ2v) is 5.29. The summed E-state index contributed by atoms with van der Waals surface area (Å²) < 4.78 is 5.12. The summed E-state index contributed by atoms with van der Waals surface area (Å²) in [4.78, 5) is 28.1. The van der Waals surface area contributed by atoms with Crippen LogP contribution in [0.15, 0.2) is 34.9 Å². The number of nitrogens with one attached hydrogen (secondary N) is 3. The van der Waals surface area contributed by atoms with E-state index in [4.69, 9.17) is 4.42 Å². The summed E-state index contributed by atoms with van der Waals surface area (Å²) in [5.74, 6) is 0.794. The Morgan fingerprint density at radius 1 is 1.30 bits per heavy atom. The minimum Gasteiger partial charge on any atom is -0.467 e. The van der Waals surface area contributed by atoms with Crippen LogP contribution in [0, 0.1) is 13.8 Å². The molecule has 0 saturated carbocycles. The summed E-state index contributed by atoms with van der Waals surface area (Å²) in [5, 5.41) is 7.87. The fourth-order valence-corrected chi connectivity index (χ4v) is 2.06. The van der Waals surface area contributed by atoms with Gasteiger partial charge in [0.15, 0.2) is 0 Å². The molecule has 0 saturated heterocycles. The molecule has 0 aliphatic carbocycles. The lowest BCUT2D eigenvalue weighted by atomic mass is 10.2. The number of aromatic nitrogens is 1. The highest BCUT2D eigenvalue weighted by molar-refractivity contribution is 5.92. The van der Waals surface area contributed by atoms with Gasteiger partial charge >= 0.3 is 6.03 Å². The molecule has 7 nitrogen and oxygen atoms in total. The first kappa shape index (κ1) is 16.5. The van der Waals surface area contributed by atoms with E-state index in [0.29, 0.717) is 11.6 Å². The Morgan fingerprint density at radius 2 is 2.09 bits per heavy atom. The van der Waals surface area contributed by atoms with E-state index in [1.807, 2.05) is 19.9 Å². The average molecular weight is 316 g/mol. The summed E-state index contributed by atoms with van der Waals surface area (Å²) in [5.41, 5.74) is 1.81. The van der Waals surface area contributed by atoms with Crippen molar-refractivity contribution in [3.8, 4) is 0 Å². The van der Waals surface area contributed by atoms with E-state index < -0.39 is 12.1 Å². The van der Waals surface area contributed by atoms with Crippen LogP contribution in [-0.4, -0.2) is 23.0 Å². The molecule has 2 aromatic rings. The summed E-state index contributed by atoms with van der Waals surface area (Å²) >= 11 is 0. The SMILES string of the molecule is Cc1cc(C)nc(NC(=O)N[C@H](C)C(=O)NCc2ccco2)c1. The van der Waals surface area contributed by atoms with Crippen molar-refractivity contribution in [2.75, 3.05) is 5.32 Å². The van der Waals surface area contributed by atoms with Crippen molar-refractivity contribution in [1.82, 2.24) is 15.6 Å². The number of carbonyl (C=O) groups excluding carboxylic acids is 2. The molecule has 0 spiro atoms. The Labute approximate surface area is 134 Å². The average Bonchev–Trinajstić information content (AvgIpc) is 2.96. The predicted octanol–water partition coefficient (Wildman–Crippen LogP) is 2.12. The van der Waals surface area contributed by atoms with Gasteiger partial charge in [0, 0.05) is 5.69 Å². The minimum atomic E-state index is -0.684. The largest absolute Gasteiger partial charge is 0.467 e. The molecule has 0 aliphatic rings. The number of urea groups is 1. The third-order valence-corrected chi connectivity index (χ3v) is 3.10. The quantitative estimate of drug-likeness (QED) is 0.787. The number of pyridine rings is 1. The van der Waals surface area contributed by atoms with Gasteiger partial charge in [-0.05, 0) is 50.6 Å². The molecule has 3 N–H and O–H groups in total. The van der Waals surface area contributed by atoms with Gasteiger partial charge in [-0.2, -0.15) is 0 Å². The molecule has 0 radical (unpaired) electrons. The van der Waals surface area contributed by atoms with Crippen LogP contribution in [0.5, 0.6) is 0 Å². The molecule has 122 valence electrons. The van der Waals surface area contributed by atoms with Crippen LogP contribution in [0.1, 0.15) is 23.9 Å². The van der Waals surface area contributed by atoms with Crippen molar-refractivity contribution < 1.29 is 14.0 Å². The standard InChI is InChI=1S/C16H20N4O3/c1-10-7-11(2)18-14(8-10)20-16(22)19-12(3)15(21)17-9-13-5-4-6-23-13/h4-8,12H,9H2,1-3H3,(H,17,21)(H2,18,19,20,22)/t12-/m1/s1. The topological polar surface area (TPSA) is 96.3 Å². The van der Waals surface area contributed by atoms with Crippen molar-refractivity contribution >= 4 is 17.8 Å². The van der Waals surface area contributed by atoms with Crippen molar-refractivity contribution in [3.05, 3.63) is 47.5 Å². The van der Waals surface area contributed by atoms with E-state index >= 15 is 0 Å². The first-order chi connectivity index (χ1) is 10.9. The maximum Gasteiger partial charge on any atom is 0.321 e. The normalized spacial score (nSPS) is 11.6. The van der Waals surface area contributed by atoms with Gasteiger partial charge in [-0.1, -0.05) is 0 Å². The molecule has 7 heteroatoms. The van der Waals surface area contributed by atoms with Crippen molar-refractivity contribution in [2.24, 2.45) is 0 Å². The number of amides is 3. The zero-order valence-electron chi connectivity index (χ0n) is 13.3. The Bertz CT molecular complexity index is 662. The number of nitrogens with zero attached hydrogens (tertiary/aromatic N) is 1. The lowest BCUT2D eigenvalue weighted by molar-refractivity contribution is -0.122. The Kier molecular flexibility index (Phi) is 5.35. The lowest BCUT2D eigenvalue weighted by Gasteiger charge is -2.14. The van der Waals surface area contributed by atoms with Crippen LogP contribution >= 0.6 is 0 Å². The van der Waals surface area contributed by atoms with E-state index in [2.05, 4.69) is 20.9 Å². The highest BCUT2D eigenvalue weighted by Crippen LogP contribution is 2.08. The van der Waals surface area contributed by atoms with E-state index in [1.54, 1.807) is 25.1 Å². The maximum atomic E-state index is 11.9.